The average Bonchev–Trinajstić information content (AvgIpc) is 2.54. The van der Waals surface area contributed by atoms with Crippen molar-refractivity contribution in [2.24, 2.45) is 0 Å². The monoisotopic (exact) mass is 258 g/mol. The molecule has 0 saturated carbocycles. The van der Waals surface area contributed by atoms with E-state index in [9.17, 15) is 10.2 Å². The highest BCUT2D eigenvalue weighted by Crippen LogP contribution is 2.40. The van der Waals surface area contributed by atoms with Gasteiger partial charge >= 0.3 is 0 Å². The Balaban J connectivity index is 2.10. The number of fused-ring (bicyclic) bond motifs is 2. The molecule has 0 saturated heterocycles. The molecule has 0 spiro atoms. The van der Waals surface area contributed by atoms with Gasteiger partial charge in [0.25, 0.3) is 0 Å². The SMILES string of the molecule is OCc1ccc2c(c1)Sc1ccccc1C(O)C2. The zero-order chi connectivity index (χ0) is 12.5. The maximum absolute atomic E-state index is 10.3. The first-order chi connectivity index (χ1) is 8.78. The van der Waals surface area contributed by atoms with Crippen LogP contribution in [0.1, 0.15) is 22.8 Å². The summed E-state index contributed by atoms with van der Waals surface area (Å²) in [6.45, 7) is 0.0536. The minimum absolute atomic E-state index is 0.0536. The van der Waals surface area contributed by atoms with E-state index in [0.29, 0.717) is 6.42 Å². The van der Waals surface area contributed by atoms with Crippen LogP contribution in [-0.2, 0) is 13.0 Å². The number of aliphatic hydroxyl groups excluding tert-OH is 2. The Morgan fingerprint density at radius 3 is 2.78 bits per heavy atom. The molecule has 0 radical (unpaired) electrons. The van der Waals surface area contributed by atoms with Crippen molar-refractivity contribution in [2.75, 3.05) is 0 Å². The molecule has 1 unspecified atom stereocenters. The summed E-state index contributed by atoms with van der Waals surface area (Å²) in [6.07, 6.45) is 0.181. The lowest BCUT2D eigenvalue weighted by molar-refractivity contribution is 0.175. The third kappa shape index (κ3) is 2.05. The van der Waals surface area contributed by atoms with Gasteiger partial charge in [0, 0.05) is 16.2 Å². The minimum Gasteiger partial charge on any atom is -0.392 e. The first kappa shape index (κ1) is 11.8. The quantitative estimate of drug-likeness (QED) is 0.826. The van der Waals surface area contributed by atoms with Crippen LogP contribution in [0.4, 0.5) is 0 Å². The molecule has 2 aromatic rings. The Bertz CT molecular complexity index is 580. The third-order valence-electron chi connectivity index (χ3n) is 3.23. The van der Waals surface area contributed by atoms with E-state index in [1.54, 1.807) is 11.8 Å². The molecule has 18 heavy (non-hydrogen) atoms. The first-order valence-corrected chi connectivity index (χ1v) is 6.77. The van der Waals surface area contributed by atoms with E-state index in [1.165, 1.54) is 0 Å². The number of hydrogen-bond donors (Lipinski definition) is 2. The maximum Gasteiger partial charge on any atom is 0.0841 e. The Labute approximate surface area is 110 Å². The molecular formula is C15H14O2S. The summed E-state index contributed by atoms with van der Waals surface area (Å²) >= 11 is 1.67. The molecule has 1 aliphatic rings. The molecule has 2 N–H and O–H groups in total. The average molecular weight is 258 g/mol. The van der Waals surface area contributed by atoms with Crippen LogP contribution in [0.3, 0.4) is 0 Å². The fraction of sp³-hybridized carbons (Fsp3) is 0.200. The van der Waals surface area contributed by atoms with E-state index in [1.807, 2.05) is 42.5 Å². The van der Waals surface area contributed by atoms with Gasteiger partial charge in [-0.2, -0.15) is 0 Å². The Kier molecular flexibility index (Phi) is 3.12. The van der Waals surface area contributed by atoms with Crippen LogP contribution in [0.5, 0.6) is 0 Å². The molecule has 1 aliphatic heterocycles. The van der Waals surface area contributed by atoms with Crippen molar-refractivity contribution >= 4 is 11.8 Å². The van der Waals surface area contributed by atoms with E-state index in [4.69, 9.17) is 0 Å². The van der Waals surface area contributed by atoms with Crippen molar-refractivity contribution in [3.8, 4) is 0 Å². The highest BCUT2D eigenvalue weighted by molar-refractivity contribution is 7.99. The summed E-state index contributed by atoms with van der Waals surface area (Å²) in [5.41, 5.74) is 3.04. The largest absolute Gasteiger partial charge is 0.392 e. The van der Waals surface area contributed by atoms with Gasteiger partial charge in [-0.25, -0.2) is 0 Å². The summed E-state index contributed by atoms with van der Waals surface area (Å²) in [6, 6.07) is 13.9. The molecule has 1 atom stereocenters. The Hall–Kier alpha value is -1.29. The van der Waals surface area contributed by atoms with E-state index < -0.39 is 6.10 Å². The van der Waals surface area contributed by atoms with E-state index in [-0.39, 0.29) is 6.61 Å². The molecule has 0 aromatic heterocycles. The van der Waals surface area contributed by atoms with Crippen LogP contribution in [0.15, 0.2) is 52.3 Å². The molecule has 1 heterocycles. The van der Waals surface area contributed by atoms with Gasteiger partial charge in [-0.05, 0) is 28.8 Å². The second-order valence-corrected chi connectivity index (χ2v) is 5.54. The van der Waals surface area contributed by atoms with E-state index in [2.05, 4.69) is 0 Å². The first-order valence-electron chi connectivity index (χ1n) is 5.95. The van der Waals surface area contributed by atoms with Crippen LogP contribution < -0.4 is 0 Å². The minimum atomic E-state index is -0.449. The molecule has 92 valence electrons. The maximum atomic E-state index is 10.3. The van der Waals surface area contributed by atoms with E-state index in [0.717, 1.165) is 26.5 Å². The normalized spacial score (nSPS) is 17.8. The highest BCUT2D eigenvalue weighted by atomic mass is 32.2. The van der Waals surface area contributed by atoms with Crippen LogP contribution in [0, 0.1) is 0 Å². The lowest BCUT2D eigenvalue weighted by Gasteiger charge is -2.10. The van der Waals surface area contributed by atoms with Gasteiger partial charge in [0.05, 0.1) is 12.7 Å². The van der Waals surface area contributed by atoms with Crippen LogP contribution in [0.2, 0.25) is 0 Å². The number of rotatable bonds is 1. The molecule has 2 aromatic carbocycles. The van der Waals surface area contributed by atoms with Crippen molar-refractivity contribution in [1.82, 2.24) is 0 Å². The molecule has 0 bridgehead atoms. The fourth-order valence-electron chi connectivity index (χ4n) is 2.25. The van der Waals surface area contributed by atoms with Crippen molar-refractivity contribution in [2.45, 2.75) is 28.9 Å². The predicted octanol–water partition coefficient (Wildman–Crippen LogP) is 2.92. The molecule has 3 heteroatoms. The van der Waals surface area contributed by atoms with Crippen molar-refractivity contribution < 1.29 is 10.2 Å². The molecule has 0 fully saturated rings. The molecule has 3 rings (SSSR count). The van der Waals surface area contributed by atoms with Gasteiger partial charge in [0.15, 0.2) is 0 Å². The fourth-order valence-corrected chi connectivity index (χ4v) is 3.44. The predicted molar refractivity (Wildman–Crippen MR) is 71.6 cm³/mol. The lowest BCUT2D eigenvalue weighted by Crippen LogP contribution is -2.01. The van der Waals surface area contributed by atoms with Gasteiger partial charge in [0.2, 0.25) is 0 Å². The number of hydrogen-bond acceptors (Lipinski definition) is 3. The van der Waals surface area contributed by atoms with Crippen LogP contribution in [-0.4, -0.2) is 10.2 Å². The zero-order valence-electron chi connectivity index (χ0n) is 9.84. The van der Waals surface area contributed by atoms with Gasteiger partial charge in [-0.1, -0.05) is 42.1 Å². The topological polar surface area (TPSA) is 40.5 Å². The summed E-state index contributed by atoms with van der Waals surface area (Å²) in [7, 11) is 0. The molecule has 0 amide bonds. The Morgan fingerprint density at radius 2 is 1.94 bits per heavy atom. The highest BCUT2D eigenvalue weighted by Gasteiger charge is 2.20. The lowest BCUT2D eigenvalue weighted by atomic mass is 10.0. The number of benzene rings is 2. The van der Waals surface area contributed by atoms with Gasteiger partial charge < -0.3 is 10.2 Å². The molecular weight excluding hydrogens is 244 g/mol. The third-order valence-corrected chi connectivity index (χ3v) is 4.42. The number of aliphatic hydroxyl groups is 2. The summed E-state index contributed by atoms with van der Waals surface area (Å²) in [5, 5.41) is 19.4. The molecule has 2 nitrogen and oxygen atoms in total. The van der Waals surface area contributed by atoms with Crippen LogP contribution in [0.25, 0.3) is 0 Å². The summed E-state index contributed by atoms with van der Waals surface area (Å²) in [5.74, 6) is 0. The van der Waals surface area contributed by atoms with Gasteiger partial charge in [-0.15, -0.1) is 0 Å². The van der Waals surface area contributed by atoms with Gasteiger partial charge in [0.1, 0.15) is 0 Å². The van der Waals surface area contributed by atoms with Crippen molar-refractivity contribution in [3.05, 3.63) is 59.2 Å². The van der Waals surface area contributed by atoms with Crippen LogP contribution >= 0.6 is 11.8 Å². The zero-order valence-corrected chi connectivity index (χ0v) is 10.7. The Morgan fingerprint density at radius 1 is 1.11 bits per heavy atom. The summed E-state index contributed by atoms with van der Waals surface area (Å²) < 4.78 is 0. The molecule has 0 aliphatic carbocycles. The van der Waals surface area contributed by atoms with Gasteiger partial charge in [-0.3, -0.25) is 0 Å². The standard InChI is InChI=1S/C15H14O2S/c16-9-10-5-6-11-8-13(17)12-3-1-2-4-14(12)18-15(11)7-10/h1-7,13,16-17H,8-9H2. The second-order valence-electron chi connectivity index (χ2n) is 4.46. The van der Waals surface area contributed by atoms with Crippen molar-refractivity contribution in [3.63, 3.8) is 0 Å². The summed E-state index contributed by atoms with van der Waals surface area (Å²) in [4.78, 5) is 2.23. The van der Waals surface area contributed by atoms with E-state index >= 15 is 0 Å². The van der Waals surface area contributed by atoms with Crippen molar-refractivity contribution in [1.29, 1.82) is 0 Å². The smallest absolute Gasteiger partial charge is 0.0841 e. The second kappa shape index (κ2) is 4.76.